The summed E-state index contributed by atoms with van der Waals surface area (Å²) in [6.07, 6.45) is -0.0440. The molecular weight excluding hydrogens is 374 g/mol. The van der Waals surface area contributed by atoms with E-state index in [1.54, 1.807) is 13.8 Å². The monoisotopic (exact) mass is 400 g/mol. The van der Waals surface area contributed by atoms with Crippen molar-refractivity contribution in [2.75, 3.05) is 13.7 Å². The van der Waals surface area contributed by atoms with E-state index >= 15 is 0 Å². The van der Waals surface area contributed by atoms with E-state index in [9.17, 15) is 23.5 Å². The molecule has 0 aromatic heterocycles. The van der Waals surface area contributed by atoms with Crippen LogP contribution in [0.25, 0.3) is 0 Å². The quantitative estimate of drug-likeness (QED) is 0.334. The standard InChI is InChI=1S/C18H26F2N4O4/c1-5-6-9-24(17(26)27)14(18(2,3)28-4)16(25)23-22-15(21)12-10-11(19)7-8-13(12)20/h7-8,10,14H,5-6,9H2,1-4H3,(H2,21,22)(H,23,25)(H,26,27). The maximum absolute atomic E-state index is 13.8. The molecule has 1 rings (SSSR count). The van der Waals surface area contributed by atoms with E-state index in [0.717, 1.165) is 29.5 Å². The molecule has 1 aromatic carbocycles. The Morgan fingerprint density at radius 3 is 2.57 bits per heavy atom. The van der Waals surface area contributed by atoms with Crippen molar-refractivity contribution in [1.82, 2.24) is 10.3 Å². The van der Waals surface area contributed by atoms with Gasteiger partial charge in [0, 0.05) is 13.7 Å². The van der Waals surface area contributed by atoms with Gasteiger partial charge in [-0.05, 0) is 38.5 Å². The van der Waals surface area contributed by atoms with Gasteiger partial charge in [0.1, 0.15) is 17.7 Å². The number of nitrogens with zero attached hydrogens (tertiary/aromatic N) is 2. The topological polar surface area (TPSA) is 117 Å². The van der Waals surface area contributed by atoms with Crippen LogP contribution in [0, 0.1) is 11.6 Å². The van der Waals surface area contributed by atoms with Crippen LogP contribution in [0.3, 0.4) is 0 Å². The molecular formula is C18H26F2N4O4. The number of nitrogens with two attached hydrogens (primary N) is 1. The summed E-state index contributed by atoms with van der Waals surface area (Å²) >= 11 is 0. The van der Waals surface area contributed by atoms with E-state index in [0.29, 0.717) is 6.42 Å². The van der Waals surface area contributed by atoms with Gasteiger partial charge in [-0.15, -0.1) is 0 Å². The number of hydrogen-bond donors (Lipinski definition) is 3. The van der Waals surface area contributed by atoms with Crippen LogP contribution in [0.1, 0.15) is 39.2 Å². The Morgan fingerprint density at radius 1 is 1.39 bits per heavy atom. The van der Waals surface area contributed by atoms with E-state index < -0.39 is 41.1 Å². The molecule has 1 unspecified atom stereocenters. The predicted molar refractivity (Wildman–Crippen MR) is 99.7 cm³/mol. The molecule has 0 heterocycles. The molecule has 1 atom stereocenters. The fourth-order valence-electron chi connectivity index (χ4n) is 2.54. The number of carbonyl (C=O) groups is 2. The highest BCUT2D eigenvalue weighted by Gasteiger charge is 2.42. The highest BCUT2D eigenvalue weighted by atomic mass is 19.1. The zero-order valence-corrected chi connectivity index (χ0v) is 16.3. The summed E-state index contributed by atoms with van der Waals surface area (Å²) in [5.74, 6) is -2.82. The van der Waals surface area contributed by atoms with E-state index in [2.05, 4.69) is 10.5 Å². The first-order chi connectivity index (χ1) is 13.0. The van der Waals surface area contributed by atoms with E-state index in [4.69, 9.17) is 10.5 Å². The zero-order valence-electron chi connectivity index (χ0n) is 16.3. The number of carboxylic acid groups (broad SMARTS) is 1. The lowest BCUT2D eigenvalue weighted by Crippen LogP contribution is -2.59. The average molecular weight is 400 g/mol. The molecule has 0 aliphatic heterocycles. The number of benzene rings is 1. The first kappa shape index (κ1) is 23.3. The number of unbranched alkanes of at least 4 members (excludes halogenated alkanes) is 1. The summed E-state index contributed by atoms with van der Waals surface area (Å²) in [6, 6.07) is 1.38. The van der Waals surface area contributed by atoms with Crippen molar-refractivity contribution in [2.45, 2.75) is 45.3 Å². The van der Waals surface area contributed by atoms with Crippen LogP contribution in [0.5, 0.6) is 0 Å². The molecule has 0 aliphatic carbocycles. The first-order valence-electron chi connectivity index (χ1n) is 8.68. The van der Waals surface area contributed by atoms with Crippen molar-refractivity contribution in [3.05, 3.63) is 35.4 Å². The second-order valence-electron chi connectivity index (χ2n) is 6.64. The third kappa shape index (κ3) is 5.88. The normalized spacial score (nSPS) is 13.1. The number of halogens is 2. The second-order valence-corrected chi connectivity index (χ2v) is 6.64. The molecule has 1 aromatic rings. The van der Waals surface area contributed by atoms with Crippen molar-refractivity contribution in [3.8, 4) is 0 Å². The number of hydrazone groups is 1. The summed E-state index contributed by atoms with van der Waals surface area (Å²) in [5, 5.41) is 13.1. The third-order valence-corrected chi connectivity index (χ3v) is 4.23. The Kier molecular flexibility index (Phi) is 8.30. The predicted octanol–water partition coefficient (Wildman–Crippen LogP) is 2.28. The lowest BCUT2D eigenvalue weighted by Gasteiger charge is -2.38. The summed E-state index contributed by atoms with van der Waals surface area (Å²) in [5.41, 5.74) is 6.25. The minimum Gasteiger partial charge on any atom is -0.465 e. The van der Waals surface area contributed by atoms with Crippen molar-refractivity contribution < 1.29 is 28.2 Å². The molecule has 4 N–H and O–H groups in total. The lowest BCUT2D eigenvalue weighted by atomic mass is 9.96. The number of nitrogens with one attached hydrogen (secondary N) is 1. The number of carbonyl (C=O) groups excluding carboxylic acids is 1. The molecule has 28 heavy (non-hydrogen) atoms. The van der Waals surface area contributed by atoms with Crippen LogP contribution < -0.4 is 11.2 Å². The zero-order chi connectivity index (χ0) is 21.5. The van der Waals surface area contributed by atoms with Gasteiger partial charge in [-0.3, -0.25) is 9.69 Å². The van der Waals surface area contributed by atoms with Gasteiger partial charge in [0.05, 0.1) is 11.2 Å². The van der Waals surface area contributed by atoms with Gasteiger partial charge in [0.2, 0.25) is 0 Å². The summed E-state index contributed by atoms with van der Waals surface area (Å²) < 4.78 is 32.4. The van der Waals surface area contributed by atoms with Gasteiger partial charge in [-0.1, -0.05) is 13.3 Å². The maximum Gasteiger partial charge on any atom is 0.408 e. The molecule has 0 aliphatic rings. The molecule has 0 bridgehead atoms. The van der Waals surface area contributed by atoms with Crippen LogP contribution in [0.2, 0.25) is 0 Å². The van der Waals surface area contributed by atoms with Crippen LogP contribution in [0.15, 0.2) is 23.3 Å². The number of amides is 2. The minimum absolute atomic E-state index is 0.106. The Hall–Kier alpha value is -2.75. The Morgan fingerprint density at radius 2 is 2.04 bits per heavy atom. The largest absolute Gasteiger partial charge is 0.465 e. The minimum atomic E-state index is -1.30. The lowest BCUT2D eigenvalue weighted by molar-refractivity contribution is -0.136. The van der Waals surface area contributed by atoms with Crippen molar-refractivity contribution in [1.29, 1.82) is 0 Å². The maximum atomic E-state index is 13.8. The van der Waals surface area contributed by atoms with E-state index in [1.165, 1.54) is 7.11 Å². The third-order valence-electron chi connectivity index (χ3n) is 4.23. The number of rotatable bonds is 9. The van der Waals surface area contributed by atoms with Crippen molar-refractivity contribution in [2.24, 2.45) is 10.8 Å². The molecule has 10 heteroatoms. The molecule has 156 valence electrons. The number of methoxy groups -OCH3 is 1. The van der Waals surface area contributed by atoms with Gasteiger partial charge in [0.15, 0.2) is 5.84 Å². The number of amidine groups is 1. The molecule has 0 saturated carbocycles. The second kappa shape index (κ2) is 9.98. The van der Waals surface area contributed by atoms with Crippen molar-refractivity contribution >= 4 is 17.8 Å². The molecule has 0 saturated heterocycles. The Balaban J connectivity index is 3.15. The van der Waals surface area contributed by atoms with Crippen LogP contribution >= 0.6 is 0 Å². The highest BCUT2D eigenvalue weighted by molar-refractivity contribution is 5.98. The van der Waals surface area contributed by atoms with Gasteiger partial charge < -0.3 is 15.6 Å². The fraction of sp³-hybridized carbons (Fsp3) is 0.500. The van der Waals surface area contributed by atoms with Gasteiger partial charge >= 0.3 is 6.09 Å². The van der Waals surface area contributed by atoms with Gasteiger partial charge in [0.25, 0.3) is 5.91 Å². The fourth-order valence-corrected chi connectivity index (χ4v) is 2.54. The van der Waals surface area contributed by atoms with Gasteiger partial charge in [-0.25, -0.2) is 19.0 Å². The summed E-state index contributed by atoms with van der Waals surface area (Å²) in [6.45, 7) is 5.10. The van der Waals surface area contributed by atoms with Crippen LogP contribution in [-0.2, 0) is 9.53 Å². The average Bonchev–Trinajstić information content (AvgIpc) is 2.64. The van der Waals surface area contributed by atoms with E-state index in [1.807, 2.05) is 6.92 Å². The summed E-state index contributed by atoms with van der Waals surface area (Å²) in [7, 11) is 1.35. The number of hydrogen-bond acceptors (Lipinski definition) is 4. The SMILES string of the molecule is CCCCN(C(=O)O)C(C(=O)NN=C(N)c1cc(F)ccc1F)C(C)(C)OC. The van der Waals surface area contributed by atoms with E-state index in [-0.39, 0.29) is 12.1 Å². The Labute approximate surface area is 162 Å². The molecule has 0 fully saturated rings. The van der Waals surface area contributed by atoms with Gasteiger partial charge in [-0.2, -0.15) is 5.10 Å². The Bertz CT molecular complexity index is 740. The van der Waals surface area contributed by atoms with Crippen LogP contribution in [-0.4, -0.2) is 53.1 Å². The summed E-state index contributed by atoms with van der Waals surface area (Å²) in [4.78, 5) is 25.4. The molecule has 8 nitrogen and oxygen atoms in total. The number of ether oxygens (including phenoxy) is 1. The van der Waals surface area contributed by atoms with Crippen molar-refractivity contribution in [3.63, 3.8) is 0 Å². The molecule has 0 radical (unpaired) electrons. The highest BCUT2D eigenvalue weighted by Crippen LogP contribution is 2.21. The molecule has 0 spiro atoms. The molecule has 2 amide bonds. The smallest absolute Gasteiger partial charge is 0.408 e. The van der Waals surface area contributed by atoms with Crippen LogP contribution in [0.4, 0.5) is 13.6 Å². The first-order valence-corrected chi connectivity index (χ1v) is 8.68.